The zero-order chi connectivity index (χ0) is 59.2. The molecule has 16 nitrogen and oxygen atoms in total. The molecule has 5 aliphatic rings. The zero-order valence-electron chi connectivity index (χ0n) is 49.5. The minimum absolute atomic E-state index is 0.239. The van der Waals surface area contributed by atoms with E-state index in [4.69, 9.17) is 16.5 Å². The summed E-state index contributed by atoms with van der Waals surface area (Å²) in [6.07, 6.45) is 21.8. The summed E-state index contributed by atoms with van der Waals surface area (Å²) in [6, 6.07) is 19.8. The number of allylic oxidation sites excluding steroid dienone is 12. The van der Waals surface area contributed by atoms with E-state index in [0.29, 0.717) is 102 Å². The van der Waals surface area contributed by atoms with Crippen LogP contribution >= 0.6 is 0 Å². The summed E-state index contributed by atoms with van der Waals surface area (Å²) in [6.45, 7) is 27.9. The van der Waals surface area contributed by atoms with Gasteiger partial charge in [-0.2, -0.15) is 42.1 Å². The van der Waals surface area contributed by atoms with Gasteiger partial charge in [0.25, 0.3) is 0 Å². The van der Waals surface area contributed by atoms with Gasteiger partial charge in [0.1, 0.15) is 0 Å². The first-order chi connectivity index (χ1) is 37.5. The van der Waals surface area contributed by atoms with Gasteiger partial charge in [-0.3, -0.25) is 0 Å². The Kier molecular flexibility index (Phi) is 21.8. The van der Waals surface area contributed by atoms with Crippen LogP contribution in [0, 0.1) is 136 Å². The summed E-state index contributed by atoms with van der Waals surface area (Å²) < 4.78 is 30.5. The van der Waals surface area contributed by atoms with Gasteiger partial charge >= 0.3 is 34.2 Å². The van der Waals surface area contributed by atoms with Crippen LogP contribution in [0.15, 0.2) is 93.7 Å². The second-order valence-electron chi connectivity index (χ2n) is 25.8. The van der Waals surface area contributed by atoms with Crippen molar-refractivity contribution in [1.29, 1.82) is 42.1 Å². The number of rotatable bonds is 24. The van der Waals surface area contributed by atoms with E-state index in [-0.39, 0.29) is 21.7 Å². The van der Waals surface area contributed by atoms with Crippen molar-refractivity contribution in [3.05, 3.63) is 93.7 Å². The van der Waals surface area contributed by atoms with Gasteiger partial charge in [0.2, 0.25) is 0 Å². The van der Waals surface area contributed by atoms with Crippen molar-refractivity contribution in [3.63, 3.8) is 0 Å². The Bertz CT molecular complexity index is 2470. The van der Waals surface area contributed by atoms with Gasteiger partial charge in [0.15, 0.2) is 23.7 Å². The number of nitrogens with zero attached hydrogens (tertiary/aromatic N) is 8. The van der Waals surface area contributed by atoms with Crippen molar-refractivity contribution in [2.24, 2.45) is 45.3 Å². The maximum atomic E-state index is 9.75. The number of hydrogen-bond acceptors (Lipinski definition) is 16. The highest BCUT2D eigenvalue weighted by Gasteiger charge is 2.56. The third-order valence-electron chi connectivity index (χ3n) is 15.0. The summed E-state index contributed by atoms with van der Waals surface area (Å²) in [4.78, 5) is 0. The van der Waals surface area contributed by atoms with Crippen LogP contribution in [0.4, 0.5) is 0 Å². The van der Waals surface area contributed by atoms with E-state index in [2.05, 4.69) is 176 Å². The minimum Gasteiger partial charge on any atom is -0.416 e. The van der Waals surface area contributed by atoms with Gasteiger partial charge in [-0.05, 0) is 170 Å². The molecule has 1 heterocycles. The van der Waals surface area contributed by atoms with Crippen LogP contribution in [0.5, 0.6) is 0 Å². The Morgan fingerprint density at radius 3 is 0.700 bits per heavy atom. The molecule has 20 heteroatoms. The van der Waals surface area contributed by atoms with Crippen LogP contribution in [-0.4, -0.2) is 60.4 Å². The van der Waals surface area contributed by atoms with Crippen LogP contribution in [0.3, 0.4) is 0 Å². The molecule has 4 aliphatic carbocycles. The van der Waals surface area contributed by atoms with E-state index in [1.165, 1.54) is 0 Å². The molecule has 1 saturated heterocycles. The minimum atomic E-state index is -3.13. The second-order valence-corrected chi connectivity index (χ2v) is 40.1. The van der Waals surface area contributed by atoms with Gasteiger partial charge in [-0.15, -0.1) is 0 Å². The Labute approximate surface area is 482 Å². The summed E-state index contributed by atoms with van der Waals surface area (Å²) in [5, 5.41) is 92.5. The third-order valence-corrected chi connectivity index (χ3v) is 33.8. The van der Waals surface area contributed by atoms with E-state index in [1.807, 2.05) is 24.3 Å². The monoisotopic (exact) mass is 1150 g/mol. The van der Waals surface area contributed by atoms with E-state index < -0.39 is 57.9 Å². The van der Waals surface area contributed by atoms with E-state index >= 15 is 0 Å². The van der Waals surface area contributed by atoms with E-state index in [0.717, 1.165) is 45.1 Å². The highest BCUT2D eigenvalue weighted by Crippen LogP contribution is 2.42. The summed E-state index contributed by atoms with van der Waals surface area (Å²) in [5.41, 5.74) is 5.79. The van der Waals surface area contributed by atoms with Crippen molar-refractivity contribution >= 4 is 34.2 Å². The van der Waals surface area contributed by atoms with Gasteiger partial charge in [0, 0.05) is 49.0 Å². The molecule has 0 unspecified atom stereocenters. The Morgan fingerprint density at radius 2 is 0.537 bits per heavy atom. The molecule has 0 atom stereocenters. The predicted octanol–water partition coefficient (Wildman–Crippen LogP) is 11.9. The fraction of sp³-hybridized carbons (Fsp3) is 0.600. The van der Waals surface area contributed by atoms with Crippen molar-refractivity contribution in [2.45, 2.75) is 157 Å². The quantitative estimate of drug-likeness (QED) is 0.0516. The lowest BCUT2D eigenvalue weighted by molar-refractivity contribution is 0.220. The molecule has 0 aromatic heterocycles. The standard InChI is InChI=1S/C60H84N12O4Si4/c1-57(2)29-45(49(37-61)38-62)25-53(33-57)69-17-13-21-77(9)73-78(10,22-14-18-70-54-26-46(50(39-63)40-64)30-58(3,4)34-54)75-80(12,24-16-20-72-56-28-48(52(43-67)44-68)32-60(7,8)36-56)76-79(11,74-77)23-15-19-71-55-27-47(51(41-65)42-66)31-59(5,6)35-55/h25-28,33-36,49-52,69-72H,13-24,29-32H2,1-12H3. The Morgan fingerprint density at radius 1 is 0.362 bits per heavy atom. The van der Waals surface area contributed by atoms with Gasteiger partial charge in [0.05, 0.1) is 48.6 Å². The third kappa shape index (κ3) is 18.9. The molecule has 0 spiro atoms. The highest BCUT2D eigenvalue weighted by molar-refractivity contribution is 6.93. The predicted molar refractivity (Wildman–Crippen MR) is 318 cm³/mol. The molecule has 424 valence electrons. The van der Waals surface area contributed by atoms with E-state index in [1.54, 1.807) is 0 Å². The number of nitriles is 8. The maximum Gasteiger partial charge on any atom is 0.317 e. The molecule has 5 rings (SSSR count). The second kappa shape index (κ2) is 27.0. The first-order valence-electron chi connectivity index (χ1n) is 28.2. The molecule has 0 aromatic rings. The molecule has 0 aromatic carbocycles. The molecule has 0 amide bonds. The van der Waals surface area contributed by atoms with Crippen molar-refractivity contribution in [3.8, 4) is 48.6 Å². The Hall–Kier alpha value is -6.25. The average molecular weight is 1150 g/mol. The lowest BCUT2D eigenvalue weighted by atomic mass is 9.77. The molecule has 0 bridgehead atoms. The van der Waals surface area contributed by atoms with Crippen LogP contribution in [0.2, 0.25) is 50.4 Å². The molecular formula is C60H84N12O4Si4. The first kappa shape index (κ1) is 64.6. The first-order valence-corrected chi connectivity index (χ1v) is 38.3. The zero-order valence-corrected chi connectivity index (χ0v) is 53.5. The summed E-state index contributed by atoms with van der Waals surface area (Å²) in [7, 11) is -12.5. The number of nitrogens with one attached hydrogen (secondary N) is 4. The topological polar surface area (TPSA) is 275 Å². The lowest BCUT2D eigenvalue weighted by Crippen LogP contribution is -2.67. The summed E-state index contributed by atoms with van der Waals surface area (Å²) >= 11 is 0. The smallest absolute Gasteiger partial charge is 0.317 e. The van der Waals surface area contributed by atoms with Crippen molar-refractivity contribution < 1.29 is 16.5 Å². The van der Waals surface area contributed by atoms with Crippen LogP contribution in [0.25, 0.3) is 0 Å². The molecule has 4 N–H and O–H groups in total. The fourth-order valence-corrected chi connectivity index (χ4v) is 35.3. The molecule has 1 fully saturated rings. The maximum absolute atomic E-state index is 9.75. The highest BCUT2D eigenvalue weighted by atomic mass is 28.5. The molecular weight excluding hydrogens is 1070 g/mol. The van der Waals surface area contributed by atoms with Gasteiger partial charge in [-0.1, -0.05) is 79.7 Å². The molecule has 80 heavy (non-hydrogen) atoms. The SMILES string of the molecule is CC1(C)C=C(NCCC[Si]2(C)O[Si](C)(CCCNC3=CC(C)(C)CC(C(C#N)C#N)=C3)O[Si](C)(CCCNC3=CC(C)(C)CC(C(C#N)C#N)=C3)O[Si](C)(CCCNC3=CC(C)(C)CC(C(C#N)C#N)=C3)O2)C=C(C(C#N)C#N)C1. The van der Waals surface area contributed by atoms with E-state index in [9.17, 15) is 42.1 Å². The molecule has 0 saturated carbocycles. The normalized spacial score (nSPS) is 26.5. The van der Waals surface area contributed by atoms with Gasteiger partial charge < -0.3 is 37.7 Å². The largest absolute Gasteiger partial charge is 0.416 e. The van der Waals surface area contributed by atoms with Crippen LogP contribution in [-0.2, 0) is 16.5 Å². The lowest BCUT2D eigenvalue weighted by Gasteiger charge is -2.50. The van der Waals surface area contributed by atoms with Crippen molar-refractivity contribution in [1.82, 2.24) is 21.3 Å². The summed E-state index contributed by atoms with van der Waals surface area (Å²) in [5.74, 6) is -3.26. The fourth-order valence-electron chi connectivity index (χ4n) is 12.0. The van der Waals surface area contributed by atoms with Crippen molar-refractivity contribution in [2.75, 3.05) is 26.2 Å². The number of hydrogen-bond donors (Lipinski definition) is 4. The van der Waals surface area contributed by atoms with Crippen LogP contribution in [0.1, 0.15) is 107 Å². The molecule has 0 radical (unpaired) electrons. The van der Waals surface area contributed by atoms with Gasteiger partial charge in [-0.25, -0.2) is 0 Å². The van der Waals surface area contributed by atoms with Crippen LogP contribution < -0.4 is 21.3 Å². The average Bonchev–Trinajstić information content (AvgIpc) is 3.34. The molecule has 1 aliphatic heterocycles. The Balaban J connectivity index is 1.44.